The fraction of sp³-hybridized carbons (Fsp3) is 0.650. The van der Waals surface area contributed by atoms with E-state index < -0.39 is 6.04 Å². The Bertz CT molecular complexity index is 640. The zero-order chi connectivity index (χ0) is 19.1. The highest BCUT2D eigenvalue weighted by molar-refractivity contribution is 5.86. The van der Waals surface area contributed by atoms with E-state index in [-0.39, 0.29) is 18.0 Å². The van der Waals surface area contributed by atoms with Gasteiger partial charge in [-0.1, -0.05) is 6.07 Å². The van der Waals surface area contributed by atoms with Crippen LogP contribution in [0.4, 0.5) is 4.79 Å². The van der Waals surface area contributed by atoms with E-state index in [0.717, 1.165) is 44.3 Å². The van der Waals surface area contributed by atoms with Crippen LogP contribution in [0.15, 0.2) is 18.3 Å². The van der Waals surface area contributed by atoms with Crippen molar-refractivity contribution in [3.05, 3.63) is 23.9 Å². The number of piperidine rings is 1. The number of hydrogen-bond donors (Lipinski definition) is 2. The van der Waals surface area contributed by atoms with Gasteiger partial charge in [-0.2, -0.15) is 0 Å². The summed E-state index contributed by atoms with van der Waals surface area (Å²) in [5.74, 6) is 0.568. The number of carbonyl (C=O) groups excluding carboxylic acids is 2. The summed E-state index contributed by atoms with van der Waals surface area (Å²) in [6.07, 6.45) is 9.66. The highest BCUT2D eigenvalue weighted by Crippen LogP contribution is 2.24. The van der Waals surface area contributed by atoms with Crippen molar-refractivity contribution in [3.8, 4) is 5.88 Å². The third-order valence-corrected chi connectivity index (χ3v) is 5.26. The third kappa shape index (κ3) is 5.58. The maximum absolute atomic E-state index is 12.4. The molecule has 1 aliphatic heterocycles. The van der Waals surface area contributed by atoms with Gasteiger partial charge >= 0.3 is 6.03 Å². The van der Waals surface area contributed by atoms with E-state index in [0.29, 0.717) is 12.4 Å². The van der Waals surface area contributed by atoms with E-state index in [1.807, 2.05) is 17.0 Å². The zero-order valence-corrected chi connectivity index (χ0v) is 16.1. The Labute approximate surface area is 160 Å². The smallest absolute Gasteiger partial charge is 0.315 e. The van der Waals surface area contributed by atoms with Crippen molar-refractivity contribution in [2.24, 2.45) is 0 Å². The monoisotopic (exact) mass is 374 g/mol. The van der Waals surface area contributed by atoms with Gasteiger partial charge in [0.15, 0.2) is 0 Å². The molecule has 1 aliphatic carbocycles. The number of amides is 3. The molecule has 27 heavy (non-hydrogen) atoms. The summed E-state index contributed by atoms with van der Waals surface area (Å²) in [6.45, 7) is 3.61. The molecule has 0 spiro atoms. The molecule has 7 heteroatoms. The Balaban J connectivity index is 1.47. The van der Waals surface area contributed by atoms with Crippen LogP contribution in [-0.2, 0) is 11.3 Å². The van der Waals surface area contributed by atoms with Crippen LogP contribution in [0.1, 0.15) is 57.4 Å². The summed E-state index contributed by atoms with van der Waals surface area (Å²) >= 11 is 0. The Morgan fingerprint density at radius 2 is 1.96 bits per heavy atom. The molecule has 1 aromatic rings. The van der Waals surface area contributed by atoms with E-state index >= 15 is 0 Å². The third-order valence-electron chi connectivity index (χ3n) is 5.26. The zero-order valence-electron chi connectivity index (χ0n) is 16.1. The molecule has 0 aromatic carbocycles. The van der Waals surface area contributed by atoms with E-state index in [4.69, 9.17) is 4.74 Å². The van der Waals surface area contributed by atoms with Crippen molar-refractivity contribution < 1.29 is 14.3 Å². The van der Waals surface area contributed by atoms with Gasteiger partial charge in [0, 0.05) is 31.4 Å². The number of aromatic nitrogens is 1. The average Bonchev–Trinajstić information content (AvgIpc) is 3.20. The Morgan fingerprint density at radius 3 is 2.70 bits per heavy atom. The topological polar surface area (TPSA) is 83.6 Å². The summed E-state index contributed by atoms with van der Waals surface area (Å²) in [7, 11) is 0. The lowest BCUT2D eigenvalue weighted by molar-refractivity contribution is -0.133. The molecular formula is C20H30N4O3. The molecule has 0 radical (unpaired) electrons. The molecule has 1 saturated heterocycles. The summed E-state index contributed by atoms with van der Waals surface area (Å²) in [6, 6.07) is 2.84. The largest absolute Gasteiger partial charge is 0.474 e. The summed E-state index contributed by atoms with van der Waals surface area (Å²) in [4.78, 5) is 30.8. The SMILES string of the molecule is C[C@@H](NC(=O)NCc1cccnc1OC1CCCC1)C(=O)N1CCCCC1. The second-order valence-corrected chi connectivity index (χ2v) is 7.43. The number of nitrogens with one attached hydrogen (secondary N) is 2. The molecule has 2 aliphatic rings. The Morgan fingerprint density at radius 1 is 1.22 bits per heavy atom. The van der Waals surface area contributed by atoms with Gasteiger partial charge in [0.25, 0.3) is 0 Å². The molecule has 1 saturated carbocycles. The minimum Gasteiger partial charge on any atom is -0.474 e. The van der Waals surface area contributed by atoms with Gasteiger partial charge in [-0.3, -0.25) is 4.79 Å². The van der Waals surface area contributed by atoms with Crippen LogP contribution in [0.3, 0.4) is 0 Å². The lowest BCUT2D eigenvalue weighted by Gasteiger charge is -2.29. The number of likely N-dealkylation sites (tertiary alicyclic amines) is 1. The number of carbonyl (C=O) groups is 2. The first kappa shape index (κ1) is 19.5. The maximum atomic E-state index is 12.4. The van der Waals surface area contributed by atoms with Crippen LogP contribution in [0.2, 0.25) is 0 Å². The molecule has 148 valence electrons. The van der Waals surface area contributed by atoms with Crippen molar-refractivity contribution in [2.45, 2.75) is 70.6 Å². The number of nitrogens with zero attached hydrogens (tertiary/aromatic N) is 2. The van der Waals surface area contributed by atoms with Crippen LogP contribution in [0, 0.1) is 0 Å². The van der Waals surface area contributed by atoms with Crippen LogP contribution >= 0.6 is 0 Å². The van der Waals surface area contributed by atoms with E-state index in [1.54, 1.807) is 13.1 Å². The number of pyridine rings is 1. The number of ether oxygens (including phenoxy) is 1. The summed E-state index contributed by atoms with van der Waals surface area (Å²) < 4.78 is 5.99. The second kappa shape index (κ2) is 9.58. The Hall–Kier alpha value is -2.31. The minimum atomic E-state index is -0.536. The first-order valence-electron chi connectivity index (χ1n) is 10.1. The van der Waals surface area contributed by atoms with Crippen molar-refractivity contribution >= 4 is 11.9 Å². The van der Waals surface area contributed by atoms with Crippen LogP contribution in [0.25, 0.3) is 0 Å². The van der Waals surface area contributed by atoms with Crippen molar-refractivity contribution in [2.75, 3.05) is 13.1 Å². The fourth-order valence-electron chi connectivity index (χ4n) is 3.70. The van der Waals surface area contributed by atoms with Gasteiger partial charge in [0.05, 0.1) is 0 Å². The molecule has 1 atom stereocenters. The van der Waals surface area contributed by atoms with Crippen molar-refractivity contribution in [1.29, 1.82) is 0 Å². The first-order chi connectivity index (χ1) is 13.1. The van der Waals surface area contributed by atoms with Gasteiger partial charge in [-0.15, -0.1) is 0 Å². The van der Waals surface area contributed by atoms with Crippen LogP contribution in [0.5, 0.6) is 5.88 Å². The van der Waals surface area contributed by atoms with Crippen LogP contribution in [-0.4, -0.2) is 47.1 Å². The lowest BCUT2D eigenvalue weighted by atomic mass is 10.1. The van der Waals surface area contributed by atoms with Gasteiger partial charge < -0.3 is 20.3 Å². The predicted octanol–water partition coefficient (Wildman–Crippen LogP) is 2.60. The molecule has 7 nitrogen and oxygen atoms in total. The molecule has 2 heterocycles. The minimum absolute atomic E-state index is 0.0171. The highest BCUT2D eigenvalue weighted by Gasteiger charge is 2.23. The van der Waals surface area contributed by atoms with E-state index in [2.05, 4.69) is 15.6 Å². The molecule has 0 unspecified atom stereocenters. The molecule has 0 bridgehead atoms. The first-order valence-corrected chi connectivity index (χ1v) is 10.1. The van der Waals surface area contributed by atoms with Crippen LogP contribution < -0.4 is 15.4 Å². The summed E-state index contributed by atoms with van der Waals surface area (Å²) in [5.41, 5.74) is 0.842. The molecule has 3 amide bonds. The molecule has 3 rings (SSSR count). The normalized spacial score (nSPS) is 18.8. The summed E-state index contributed by atoms with van der Waals surface area (Å²) in [5, 5.41) is 5.55. The average molecular weight is 374 g/mol. The molecule has 2 N–H and O–H groups in total. The molecular weight excluding hydrogens is 344 g/mol. The van der Waals surface area contributed by atoms with E-state index in [1.165, 1.54) is 19.3 Å². The van der Waals surface area contributed by atoms with Crippen molar-refractivity contribution in [3.63, 3.8) is 0 Å². The maximum Gasteiger partial charge on any atom is 0.315 e. The fourth-order valence-corrected chi connectivity index (χ4v) is 3.70. The van der Waals surface area contributed by atoms with Crippen molar-refractivity contribution in [1.82, 2.24) is 20.5 Å². The van der Waals surface area contributed by atoms with E-state index in [9.17, 15) is 9.59 Å². The van der Waals surface area contributed by atoms with Gasteiger partial charge in [-0.05, 0) is 57.9 Å². The molecule has 1 aromatic heterocycles. The standard InChI is InChI=1S/C20H30N4O3/c1-15(19(25)24-12-5-2-6-13-24)23-20(26)22-14-16-8-7-11-21-18(16)27-17-9-3-4-10-17/h7-8,11,15,17H,2-6,9-10,12-14H2,1H3,(H2,22,23,26)/t15-/m1/s1. The van der Waals surface area contributed by atoms with Gasteiger partial charge in [0.2, 0.25) is 11.8 Å². The number of hydrogen-bond acceptors (Lipinski definition) is 4. The lowest BCUT2D eigenvalue weighted by Crippen LogP contribution is -2.50. The quantitative estimate of drug-likeness (QED) is 0.802. The molecule has 2 fully saturated rings. The van der Waals surface area contributed by atoms with Gasteiger partial charge in [-0.25, -0.2) is 9.78 Å². The second-order valence-electron chi connectivity index (χ2n) is 7.43. The van der Waals surface area contributed by atoms with Gasteiger partial charge in [0.1, 0.15) is 12.1 Å². The Kier molecular flexibility index (Phi) is 6.90. The number of urea groups is 1. The number of rotatable bonds is 6. The predicted molar refractivity (Wildman–Crippen MR) is 102 cm³/mol. The highest BCUT2D eigenvalue weighted by atomic mass is 16.5.